The minimum Gasteiger partial charge on any atom is -0.444 e. The Kier molecular flexibility index (Phi) is 17.7. The first-order chi connectivity index (χ1) is 16.9. The van der Waals surface area contributed by atoms with Crippen molar-refractivity contribution in [2.24, 2.45) is 5.92 Å². The molecule has 7 heteroatoms. The summed E-state index contributed by atoms with van der Waals surface area (Å²) in [5.41, 5.74) is -0.577. The first kappa shape index (κ1) is 36.5. The Labute approximate surface area is 235 Å². The van der Waals surface area contributed by atoms with Crippen molar-refractivity contribution in [3.8, 4) is 0 Å². The van der Waals surface area contributed by atoms with Crippen LogP contribution < -0.4 is 5.32 Å². The molecule has 2 atom stereocenters. The Morgan fingerprint density at radius 1 is 0.811 bits per heavy atom. The van der Waals surface area contributed by atoms with Crippen LogP contribution in [0.3, 0.4) is 0 Å². The Morgan fingerprint density at radius 2 is 1.27 bits per heavy atom. The fraction of sp³-hybridized carbons (Fsp3) is 0.933. The Morgan fingerprint density at radius 3 is 1.68 bits per heavy atom. The number of unbranched alkanes of at least 4 members (excludes halogenated alkanes) is 8. The van der Waals surface area contributed by atoms with Crippen LogP contribution in [0.5, 0.6) is 0 Å². The molecule has 0 aromatic rings. The van der Waals surface area contributed by atoms with Gasteiger partial charge >= 0.3 is 6.09 Å². The summed E-state index contributed by atoms with van der Waals surface area (Å²) in [6.07, 6.45) is 13.2. The quantitative estimate of drug-likeness (QED) is 0.134. The normalized spacial score (nSPS) is 14.5. The van der Waals surface area contributed by atoms with Gasteiger partial charge in [-0.1, -0.05) is 111 Å². The summed E-state index contributed by atoms with van der Waals surface area (Å²) in [5.74, 6) is 1.31. The van der Waals surface area contributed by atoms with Gasteiger partial charge in [0, 0.05) is 12.7 Å². The number of rotatable bonds is 18. The molecule has 0 spiro atoms. The van der Waals surface area contributed by atoms with Crippen molar-refractivity contribution in [3.63, 3.8) is 0 Å². The zero-order valence-electron chi connectivity index (χ0n) is 26.3. The lowest BCUT2D eigenvalue weighted by atomic mass is 10.0. The van der Waals surface area contributed by atoms with Gasteiger partial charge in [-0.3, -0.25) is 4.79 Å². The maximum absolute atomic E-state index is 12.7. The molecule has 0 heterocycles. The summed E-state index contributed by atoms with van der Waals surface area (Å²) < 4.78 is 12.4. The molecule has 0 aromatic carbocycles. The molecule has 1 N–H and O–H groups in total. The van der Waals surface area contributed by atoms with Crippen LogP contribution in [0.2, 0.25) is 18.1 Å². The summed E-state index contributed by atoms with van der Waals surface area (Å²) >= 11 is 1.25. The molecule has 0 radical (unpaired) electrons. The predicted molar refractivity (Wildman–Crippen MR) is 164 cm³/mol. The van der Waals surface area contributed by atoms with Crippen LogP contribution in [0.15, 0.2) is 0 Å². The second kappa shape index (κ2) is 17.9. The highest BCUT2D eigenvalue weighted by molar-refractivity contribution is 8.13. The third-order valence-electron chi connectivity index (χ3n) is 7.14. The minimum atomic E-state index is -2.08. The minimum absolute atomic E-state index is 0.0475. The van der Waals surface area contributed by atoms with Crippen LogP contribution in [0.1, 0.15) is 133 Å². The number of carbonyl (C=O) groups excluding carboxylic acids is 2. The topological polar surface area (TPSA) is 64.6 Å². The molecule has 0 aliphatic rings. The Balaban J connectivity index is 5.02. The van der Waals surface area contributed by atoms with Crippen LogP contribution in [0.25, 0.3) is 0 Å². The van der Waals surface area contributed by atoms with E-state index in [0.29, 0.717) is 5.75 Å². The SMILES string of the molecule is CC(=O)SC[C@H](NC(=O)OC(C)(C)C)[C@@H](CCCCCCCCCCCC(C)C)O[Si](C)(C)C(C)(C)C. The number of thioether (sulfide) groups is 1. The first-order valence-electron chi connectivity index (χ1n) is 14.8. The fourth-order valence-electron chi connectivity index (χ4n) is 3.94. The van der Waals surface area contributed by atoms with Crippen molar-refractivity contribution >= 4 is 31.3 Å². The number of carbonyl (C=O) groups is 2. The van der Waals surface area contributed by atoms with Crippen molar-refractivity contribution in [3.05, 3.63) is 0 Å². The van der Waals surface area contributed by atoms with E-state index in [4.69, 9.17) is 9.16 Å². The Bertz CT molecular complexity index is 640. The van der Waals surface area contributed by atoms with Crippen LogP contribution in [0, 0.1) is 5.92 Å². The molecule has 0 aliphatic carbocycles. The zero-order valence-corrected chi connectivity index (χ0v) is 28.1. The van der Waals surface area contributed by atoms with E-state index in [0.717, 1.165) is 18.8 Å². The number of amides is 1. The smallest absolute Gasteiger partial charge is 0.407 e. The average molecular weight is 560 g/mol. The summed E-state index contributed by atoms with van der Waals surface area (Å²) in [6.45, 7) is 23.0. The second-order valence-corrected chi connectivity index (χ2v) is 19.6. The van der Waals surface area contributed by atoms with E-state index < -0.39 is 20.0 Å². The molecule has 0 bridgehead atoms. The van der Waals surface area contributed by atoms with Gasteiger partial charge in [0.05, 0.1) is 12.1 Å². The van der Waals surface area contributed by atoms with Crippen molar-refractivity contribution in [1.29, 1.82) is 0 Å². The Hall–Kier alpha value is -0.533. The van der Waals surface area contributed by atoms with Gasteiger partial charge in [-0.2, -0.15) is 0 Å². The maximum atomic E-state index is 12.7. The monoisotopic (exact) mass is 559 g/mol. The maximum Gasteiger partial charge on any atom is 0.407 e. The predicted octanol–water partition coefficient (Wildman–Crippen LogP) is 9.50. The lowest BCUT2D eigenvalue weighted by molar-refractivity contribution is -0.109. The third kappa shape index (κ3) is 19.2. The van der Waals surface area contributed by atoms with Gasteiger partial charge in [0.15, 0.2) is 13.4 Å². The van der Waals surface area contributed by atoms with Crippen molar-refractivity contribution in [2.45, 2.75) is 169 Å². The van der Waals surface area contributed by atoms with Crippen molar-refractivity contribution in [1.82, 2.24) is 5.32 Å². The molecule has 0 rings (SSSR count). The van der Waals surface area contributed by atoms with Crippen LogP contribution >= 0.6 is 11.8 Å². The fourth-order valence-corrected chi connectivity index (χ4v) is 6.05. The number of ether oxygens (including phenoxy) is 1. The van der Waals surface area contributed by atoms with Gasteiger partial charge in [0.25, 0.3) is 0 Å². The standard InChI is InChI=1S/C30H61NO4SSi/c1-24(2)21-19-17-15-13-12-14-16-18-20-22-27(35-37(10,11)30(7,8)9)26(23-36-25(3)32)31-28(33)34-29(4,5)6/h24,26-27H,12-23H2,1-11H3,(H,31,33)/t26-,27+/m0/s1. The number of alkyl carbamates (subject to hydrolysis) is 1. The second-order valence-electron chi connectivity index (χ2n) is 13.6. The van der Waals surface area contributed by atoms with E-state index in [1.54, 1.807) is 6.92 Å². The number of hydrogen-bond donors (Lipinski definition) is 1. The van der Waals surface area contributed by atoms with Crippen molar-refractivity contribution < 1.29 is 18.8 Å². The van der Waals surface area contributed by atoms with E-state index >= 15 is 0 Å². The molecule has 0 fully saturated rings. The zero-order chi connectivity index (χ0) is 28.7. The van der Waals surface area contributed by atoms with Gasteiger partial charge in [-0.25, -0.2) is 4.79 Å². The molecular formula is C30H61NO4SSi. The number of hydrogen-bond acceptors (Lipinski definition) is 5. The van der Waals surface area contributed by atoms with Gasteiger partial charge in [-0.15, -0.1) is 0 Å². The molecule has 0 aromatic heterocycles. The lowest BCUT2D eigenvalue weighted by Crippen LogP contribution is -2.53. The summed E-state index contributed by atoms with van der Waals surface area (Å²) in [4.78, 5) is 24.5. The molecule has 220 valence electrons. The highest BCUT2D eigenvalue weighted by atomic mass is 32.2. The third-order valence-corrected chi connectivity index (χ3v) is 12.6. The number of nitrogens with one attached hydrogen (secondary N) is 1. The summed E-state index contributed by atoms with van der Waals surface area (Å²) in [6, 6.07) is -0.274. The van der Waals surface area contributed by atoms with E-state index in [1.807, 2.05) is 20.8 Å². The first-order valence-corrected chi connectivity index (χ1v) is 18.6. The molecule has 0 saturated carbocycles. The summed E-state index contributed by atoms with van der Waals surface area (Å²) in [5, 5.41) is 3.17. The molecule has 5 nitrogen and oxygen atoms in total. The van der Waals surface area contributed by atoms with E-state index in [9.17, 15) is 9.59 Å². The van der Waals surface area contributed by atoms with Gasteiger partial charge in [-0.05, 0) is 51.2 Å². The van der Waals surface area contributed by atoms with Gasteiger partial charge < -0.3 is 14.5 Å². The molecule has 37 heavy (non-hydrogen) atoms. The van der Waals surface area contributed by atoms with Crippen LogP contribution in [-0.2, 0) is 14.0 Å². The highest BCUT2D eigenvalue weighted by Crippen LogP contribution is 2.38. The lowest BCUT2D eigenvalue weighted by Gasteiger charge is -2.41. The van der Waals surface area contributed by atoms with E-state index in [-0.39, 0.29) is 22.3 Å². The van der Waals surface area contributed by atoms with Gasteiger partial charge in [0.2, 0.25) is 0 Å². The molecular weight excluding hydrogens is 498 g/mol. The molecule has 0 unspecified atom stereocenters. The van der Waals surface area contributed by atoms with Crippen LogP contribution in [0.4, 0.5) is 4.79 Å². The van der Waals surface area contributed by atoms with E-state index in [1.165, 1.54) is 69.5 Å². The molecule has 0 saturated heterocycles. The average Bonchev–Trinajstić information content (AvgIpc) is 2.71. The van der Waals surface area contributed by atoms with E-state index in [2.05, 4.69) is 53.0 Å². The highest BCUT2D eigenvalue weighted by Gasteiger charge is 2.41. The largest absolute Gasteiger partial charge is 0.444 e. The van der Waals surface area contributed by atoms with Gasteiger partial charge in [0.1, 0.15) is 5.60 Å². The van der Waals surface area contributed by atoms with Crippen molar-refractivity contribution in [2.75, 3.05) is 5.75 Å². The molecule has 0 aliphatic heterocycles. The summed E-state index contributed by atoms with van der Waals surface area (Å²) in [7, 11) is -2.08. The van der Waals surface area contributed by atoms with Crippen LogP contribution in [-0.4, -0.2) is 43.0 Å². The molecule has 1 amide bonds.